The van der Waals surface area contributed by atoms with Crippen LogP contribution in [0.25, 0.3) is 0 Å². The Kier molecular flexibility index (Phi) is 8.48. The molecule has 0 spiro atoms. The maximum atomic E-state index is 14.1. The van der Waals surface area contributed by atoms with Crippen molar-refractivity contribution < 1.29 is 28.6 Å². The van der Waals surface area contributed by atoms with Gasteiger partial charge in [-0.1, -0.05) is 66.7 Å². The number of carbonyl (C=O) groups is 3. The predicted octanol–water partition coefficient (Wildman–Crippen LogP) is 2.56. The first-order valence-corrected chi connectivity index (χ1v) is 10.6. The Morgan fingerprint density at radius 3 is 2.09 bits per heavy atom. The van der Waals surface area contributed by atoms with E-state index in [9.17, 15) is 23.9 Å². The van der Waals surface area contributed by atoms with Gasteiger partial charge in [0, 0.05) is 12.0 Å². The molecule has 3 N–H and O–H groups in total. The van der Waals surface area contributed by atoms with Crippen LogP contribution in [0.5, 0.6) is 0 Å². The van der Waals surface area contributed by atoms with Gasteiger partial charge in [0.1, 0.15) is 11.9 Å². The highest BCUT2D eigenvalue weighted by Gasteiger charge is 2.32. The highest BCUT2D eigenvalue weighted by molar-refractivity contribution is 5.95. The van der Waals surface area contributed by atoms with Crippen molar-refractivity contribution in [2.75, 3.05) is 7.11 Å². The van der Waals surface area contributed by atoms with Crippen LogP contribution in [0, 0.1) is 5.82 Å². The molecule has 3 atom stereocenters. The van der Waals surface area contributed by atoms with Gasteiger partial charge in [-0.2, -0.15) is 0 Å². The van der Waals surface area contributed by atoms with Crippen molar-refractivity contribution in [3.63, 3.8) is 0 Å². The number of hydrogen-bond donors (Lipinski definition) is 3. The molecule has 0 aromatic heterocycles. The predicted molar refractivity (Wildman–Crippen MR) is 123 cm³/mol. The number of nitrogens with one attached hydrogen (secondary N) is 2. The number of esters is 1. The Morgan fingerprint density at radius 1 is 0.882 bits per heavy atom. The summed E-state index contributed by atoms with van der Waals surface area (Å²) >= 11 is 0. The molecule has 0 fully saturated rings. The number of hydrogen-bond acceptors (Lipinski definition) is 5. The van der Waals surface area contributed by atoms with Crippen molar-refractivity contribution in [1.29, 1.82) is 0 Å². The van der Waals surface area contributed by atoms with Crippen molar-refractivity contribution in [3.8, 4) is 0 Å². The molecule has 7 nitrogen and oxygen atoms in total. The third-order valence-corrected chi connectivity index (χ3v) is 5.25. The summed E-state index contributed by atoms with van der Waals surface area (Å²) in [5, 5.41) is 16.0. The molecule has 3 rings (SSSR count). The van der Waals surface area contributed by atoms with Crippen LogP contribution in [-0.2, 0) is 20.7 Å². The quantitative estimate of drug-likeness (QED) is 0.422. The lowest BCUT2D eigenvalue weighted by atomic mass is 9.99. The molecule has 2 amide bonds. The molecular weight excluding hydrogens is 439 g/mol. The smallest absolute Gasteiger partial charge is 0.328 e. The van der Waals surface area contributed by atoms with Crippen LogP contribution in [0.3, 0.4) is 0 Å². The molecular formula is C26H25FN2O5. The molecule has 0 unspecified atom stereocenters. The molecule has 0 bridgehead atoms. The van der Waals surface area contributed by atoms with Crippen LogP contribution < -0.4 is 10.6 Å². The van der Waals surface area contributed by atoms with Gasteiger partial charge >= 0.3 is 5.97 Å². The van der Waals surface area contributed by atoms with Gasteiger partial charge in [0.2, 0.25) is 0 Å². The summed E-state index contributed by atoms with van der Waals surface area (Å²) in [6.07, 6.45) is -1.92. The Labute approximate surface area is 196 Å². The van der Waals surface area contributed by atoms with Crippen LogP contribution >= 0.6 is 0 Å². The highest BCUT2D eigenvalue weighted by Crippen LogP contribution is 2.19. The van der Waals surface area contributed by atoms with Gasteiger partial charge in [-0.25, -0.2) is 9.18 Å². The van der Waals surface area contributed by atoms with E-state index in [0.717, 1.165) is 7.11 Å². The molecule has 8 heteroatoms. The summed E-state index contributed by atoms with van der Waals surface area (Å²) in [6.45, 7) is 0. The second kappa shape index (κ2) is 11.7. The number of rotatable bonds is 9. The van der Waals surface area contributed by atoms with Gasteiger partial charge in [-0.15, -0.1) is 0 Å². The first-order chi connectivity index (χ1) is 16.4. The molecule has 0 aliphatic carbocycles. The van der Waals surface area contributed by atoms with Gasteiger partial charge in [-0.3, -0.25) is 9.59 Å². The van der Waals surface area contributed by atoms with E-state index in [4.69, 9.17) is 4.74 Å². The second-order valence-corrected chi connectivity index (χ2v) is 7.55. The number of methoxy groups -OCH3 is 1. The minimum atomic E-state index is -1.75. The van der Waals surface area contributed by atoms with E-state index < -0.39 is 41.8 Å². The number of aliphatic hydroxyl groups excluding tert-OH is 1. The molecule has 0 saturated heterocycles. The zero-order valence-corrected chi connectivity index (χ0v) is 18.5. The largest absolute Gasteiger partial charge is 0.467 e. The number of halogens is 1. The number of aliphatic hydroxyl groups is 1. The van der Waals surface area contributed by atoms with E-state index >= 15 is 0 Å². The van der Waals surface area contributed by atoms with Crippen LogP contribution in [0.4, 0.5) is 4.39 Å². The van der Waals surface area contributed by atoms with E-state index in [-0.39, 0.29) is 12.0 Å². The van der Waals surface area contributed by atoms with Crippen molar-refractivity contribution in [2.24, 2.45) is 0 Å². The fourth-order valence-corrected chi connectivity index (χ4v) is 3.45. The Morgan fingerprint density at radius 2 is 1.47 bits per heavy atom. The normalized spacial score (nSPS) is 13.3. The van der Waals surface area contributed by atoms with Gasteiger partial charge in [0.05, 0.1) is 13.2 Å². The topological polar surface area (TPSA) is 105 Å². The first-order valence-electron chi connectivity index (χ1n) is 10.6. The first kappa shape index (κ1) is 24.6. The molecule has 0 heterocycles. The molecule has 0 aliphatic rings. The SMILES string of the molecule is COC(=O)[C@@H](Cc1ccccc1F)NC(=O)[C@H](O)[C@@H](NC(=O)c1ccccc1)c1ccccc1. The van der Waals surface area contributed by atoms with Crippen LogP contribution in [0.2, 0.25) is 0 Å². The van der Waals surface area contributed by atoms with Gasteiger partial charge in [0.25, 0.3) is 11.8 Å². The lowest BCUT2D eigenvalue weighted by molar-refractivity contribution is -0.146. The average Bonchev–Trinajstić information content (AvgIpc) is 2.88. The average molecular weight is 464 g/mol. The van der Waals surface area contributed by atoms with Gasteiger partial charge in [-0.05, 0) is 29.3 Å². The highest BCUT2D eigenvalue weighted by atomic mass is 19.1. The molecule has 3 aromatic carbocycles. The van der Waals surface area contributed by atoms with Crippen molar-refractivity contribution >= 4 is 17.8 Å². The second-order valence-electron chi connectivity index (χ2n) is 7.55. The summed E-state index contributed by atoms with van der Waals surface area (Å²) in [5.41, 5.74) is 1.03. The zero-order valence-electron chi connectivity index (χ0n) is 18.5. The van der Waals surface area contributed by atoms with E-state index in [1.807, 2.05) is 0 Å². The molecule has 3 aromatic rings. The lowest BCUT2D eigenvalue weighted by Gasteiger charge is -2.26. The summed E-state index contributed by atoms with van der Waals surface area (Å²) in [5.74, 6) is -2.75. The summed E-state index contributed by atoms with van der Waals surface area (Å²) in [4.78, 5) is 38.0. The summed E-state index contributed by atoms with van der Waals surface area (Å²) < 4.78 is 18.9. The maximum absolute atomic E-state index is 14.1. The Bertz CT molecular complexity index is 1120. The fraction of sp³-hybridized carbons (Fsp3) is 0.192. The fourth-order valence-electron chi connectivity index (χ4n) is 3.45. The van der Waals surface area contributed by atoms with Crippen LogP contribution in [0.1, 0.15) is 27.5 Å². The molecule has 0 saturated carbocycles. The van der Waals surface area contributed by atoms with E-state index in [1.54, 1.807) is 66.7 Å². The minimum absolute atomic E-state index is 0.176. The Hall–Kier alpha value is -4.04. The molecule has 34 heavy (non-hydrogen) atoms. The number of amides is 2. The third kappa shape index (κ3) is 6.26. The third-order valence-electron chi connectivity index (χ3n) is 5.25. The zero-order chi connectivity index (χ0) is 24.5. The molecule has 0 radical (unpaired) electrons. The number of benzene rings is 3. The summed E-state index contributed by atoms with van der Waals surface area (Å²) in [6, 6.07) is 20.3. The van der Waals surface area contributed by atoms with E-state index in [0.29, 0.717) is 11.1 Å². The molecule has 176 valence electrons. The number of carbonyl (C=O) groups excluding carboxylic acids is 3. The standard InChI is InChI=1S/C26H25FN2O5/c1-34-26(33)21(16-19-14-8-9-15-20(19)27)28-25(32)23(30)22(17-10-4-2-5-11-17)29-24(31)18-12-6-3-7-13-18/h2-15,21-23,30H,16H2,1H3,(H,28,32)(H,29,31)/t21-,22+,23-/m1/s1. The number of ether oxygens (including phenoxy) is 1. The van der Waals surface area contributed by atoms with Gasteiger partial charge in [0.15, 0.2) is 6.10 Å². The summed E-state index contributed by atoms with van der Waals surface area (Å²) in [7, 11) is 1.14. The van der Waals surface area contributed by atoms with Crippen LogP contribution in [-0.4, -0.2) is 42.1 Å². The lowest BCUT2D eigenvalue weighted by Crippen LogP contribution is -2.51. The Balaban J connectivity index is 1.81. The maximum Gasteiger partial charge on any atom is 0.328 e. The van der Waals surface area contributed by atoms with Gasteiger partial charge < -0.3 is 20.5 Å². The monoisotopic (exact) mass is 464 g/mol. The minimum Gasteiger partial charge on any atom is -0.467 e. The van der Waals surface area contributed by atoms with E-state index in [1.165, 1.54) is 18.2 Å². The van der Waals surface area contributed by atoms with Crippen LogP contribution in [0.15, 0.2) is 84.9 Å². The van der Waals surface area contributed by atoms with Crippen molar-refractivity contribution in [2.45, 2.75) is 24.6 Å². The van der Waals surface area contributed by atoms with Crippen molar-refractivity contribution in [1.82, 2.24) is 10.6 Å². The van der Waals surface area contributed by atoms with E-state index in [2.05, 4.69) is 10.6 Å². The molecule has 0 aliphatic heterocycles. The van der Waals surface area contributed by atoms with Crippen molar-refractivity contribution in [3.05, 3.63) is 107 Å².